The van der Waals surface area contributed by atoms with Crippen molar-refractivity contribution >= 4 is 5.91 Å². The largest absolute Gasteiger partial charge is 0.354 e. The quantitative estimate of drug-likeness (QED) is 0.758. The van der Waals surface area contributed by atoms with Crippen molar-refractivity contribution in [3.05, 3.63) is 18.2 Å². The van der Waals surface area contributed by atoms with E-state index in [-0.39, 0.29) is 11.9 Å². The molecule has 2 unspecified atom stereocenters. The first-order valence-electron chi connectivity index (χ1n) is 7.34. The summed E-state index contributed by atoms with van der Waals surface area (Å²) in [5.41, 5.74) is 1.06. The third kappa shape index (κ3) is 2.97. The van der Waals surface area contributed by atoms with Crippen molar-refractivity contribution < 1.29 is 4.79 Å². The molecule has 1 aliphatic carbocycles. The summed E-state index contributed by atoms with van der Waals surface area (Å²) < 4.78 is 0. The number of nitrogens with one attached hydrogen (secondary N) is 3. The lowest BCUT2D eigenvalue weighted by atomic mass is 9.85. The number of hydrogen-bond acceptors (Lipinski definition) is 3. The third-order valence-corrected chi connectivity index (χ3v) is 4.43. The number of carbonyl (C=O) groups excluding carboxylic acids is 1. The number of aromatic nitrogens is 2. The van der Waals surface area contributed by atoms with Gasteiger partial charge in [0.15, 0.2) is 0 Å². The van der Waals surface area contributed by atoms with Gasteiger partial charge in [0, 0.05) is 30.9 Å². The van der Waals surface area contributed by atoms with Gasteiger partial charge >= 0.3 is 0 Å². The van der Waals surface area contributed by atoms with E-state index < -0.39 is 0 Å². The second-order valence-corrected chi connectivity index (χ2v) is 5.72. The lowest BCUT2D eigenvalue weighted by Crippen LogP contribution is -2.43. The molecule has 1 aromatic rings. The van der Waals surface area contributed by atoms with Crippen LogP contribution in [0.15, 0.2) is 12.5 Å². The molecule has 1 saturated carbocycles. The molecule has 2 heterocycles. The number of nitrogens with zero attached hydrogens (tertiary/aromatic N) is 1. The van der Waals surface area contributed by atoms with Gasteiger partial charge in [0.1, 0.15) is 0 Å². The van der Waals surface area contributed by atoms with Crippen molar-refractivity contribution in [1.82, 2.24) is 20.6 Å². The van der Waals surface area contributed by atoms with Crippen molar-refractivity contribution in [3.8, 4) is 0 Å². The van der Waals surface area contributed by atoms with Crippen molar-refractivity contribution in [1.29, 1.82) is 0 Å². The maximum absolute atomic E-state index is 12.1. The molecule has 104 valence electrons. The molecule has 3 rings (SSSR count). The lowest BCUT2D eigenvalue weighted by Gasteiger charge is -2.24. The molecule has 3 N–H and O–H groups in total. The summed E-state index contributed by atoms with van der Waals surface area (Å²) in [5.74, 6) is 0.881. The maximum atomic E-state index is 12.1. The molecule has 0 aromatic carbocycles. The fourth-order valence-electron chi connectivity index (χ4n) is 3.39. The van der Waals surface area contributed by atoms with E-state index in [1.54, 1.807) is 12.5 Å². The van der Waals surface area contributed by atoms with Gasteiger partial charge in [0.25, 0.3) is 0 Å². The van der Waals surface area contributed by atoms with Crippen LogP contribution >= 0.6 is 0 Å². The second-order valence-electron chi connectivity index (χ2n) is 5.72. The third-order valence-electron chi connectivity index (χ3n) is 4.43. The summed E-state index contributed by atoms with van der Waals surface area (Å²) in [7, 11) is 0. The predicted molar refractivity (Wildman–Crippen MR) is 72.6 cm³/mol. The highest BCUT2D eigenvalue weighted by atomic mass is 16.2. The van der Waals surface area contributed by atoms with Crippen molar-refractivity contribution in [2.75, 3.05) is 6.54 Å². The van der Waals surface area contributed by atoms with Crippen LogP contribution in [0.4, 0.5) is 0 Å². The second kappa shape index (κ2) is 5.74. The first-order chi connectivity index (χ1) is 9.33. The zero-order valence-electron chi connectivity index (χ0n) is 11.2. The number of rotatable bonds is 4. The molecular weight excluding hydrogens is 240 g/mol. The van der Waals surface area contributed by atoms with Crippen LogP contribution in [0.2, 0.25) is 0 Å². The molecule has 1 aliphatic heterocycles. The van der Waals surface area contributed by atoms with E-state index >= 15 is 0 Å². The van der Waals surface area contributed by atoms with Crippen LogP contribution in [0.5, 0.6) is 0 Å². The highest BCUT2D eigenvalue weighted by Gasteiger charge is 2.37. The highest BCUT2D eigenvalue weighted by molar-refractivity contribution is 5.82. The first-order valence-corrected chi connectivity index (χ1v) is 7.34. The summed E-state index contributed by atoms with van der Waals surface area (Å²) in [6.07, 6.45) is 10.5. The average molecular weight is 262 g/mol. The van der Waals surface area contributed by atoms with Gasteiger partial charge in [-0.05, 0) is 25.2 Å². The van der Waals surface area contributed by atoms with E-state index in [4.69, 9.17) is 0 Å². The standard InChI is InChI=1S/C14H22N4O/c19-14(16-6-5-11-8-15-9-17-11)13-7-10-3-1-2-4-12(10)18-13/h8-10,12-13,18H,1-7H2,(H,15,17)(H,16,19)/t10?,12?,13-/m0/s1. The molecule has 2 aliphatic rings. The normalized spacial score (nSPS) is 30.0. The molecule has 0 bridgehead atoms. The zero-order chi connectivity index (χ0) is 13.1. The fourth-order valence-corrected chi connectivity index (χ4v) is 3.39. The number of fused-ring (bicyclic) bond motifs is 1. The molecule has 1 saturated heterocycles. The van der Waals surface area contributed by atoms with Crippen molar-refractivity contribution in [2.24, 2.45) is 5.92 Å². The fraction of sp³-hybridized carbons (Fsp3) is 0.714. The van der Waals surface area contributed by atoms with E-state index in [9.17, 15) is 4.79 Å². The molecule has 1 amide bonds. The Morgan fingerprint density at radius 1 is 1.42 bits per heavy atom. The van der Waals surface area contributed by atoms with Crippen molar-refractivity contribution in [2.45, 2.75) is 50.6 Å². The average Bonchev–Trinajstić information content (AvgIpc) is 3.07. The van der Waals surface area contributed by atoms with Crippen LogP contribution < -0.4 is 10.6 Å². The lowest BCUT2D eigenvalue weighted by molar-refractivity contribution is -0.122. The molecule has 0 radical (unpaired) electrons. The molecule has 2 fully saturated rings. The summed E-state index contributed by atoms with van der Waals surface area (Å²) in [6.45, 7) is 0.675. The molecule has 5 heteroatoms. The zero-order valence-corrected chi connectivity index (χ0v) is 11.2. The maximum Gasteiger partial charge on any atom is 0.237 e. The summed E-state index contributed by atoms with van der Waals surface area (Å²) in [6, 6.07) is 0.604. The topological polar surface area (TPSA) is 69.8 Å². The SMILES string of the molecule is O=C(NCCc1cnc[nH]1)[C@@H]1CC2CCCCC2N1. The molecule has 5 nitrogen and oxygen atoms in total. The van der Waals surface area contributed by atoms with Crippen LogP contribution in [0, 0.1) is 5.92 Å². The Hall–Kier alpha value is -1.36. The van der Waals surface area contributed by atoms with Gasteiger partial charge in [0.2, 0.25) is 5.91 Å². The van der Waals surface area contributed by atoms with Gasteiger partial charge in [-0.3, -0.25) is 4.79 Å². The highest BCUT2D eigenvalue weighted by Crippen LogP contribution is 2.33. The Bertz CT molecular complexity index is 403. The predicted octanol–water partition coefficient (Wildman–Crippen LogP) is 0.989. The number of H-pyrrole nitrogens is 1. The first kappa shape index (κ1) is 12.7. The molecule has 0 spiro atoms. The van der Waals surface area contributed by atoms with Crippen LogP contribution in [0.25, 0.3) is 0 Å². The van der Waals surface area contributed by atoms with Gasteiger partial charge in [-0.15, -0.1) is 0 Å². The Morgan fingerprint density at radius 3 is 3.11 bits per heavy atom. The van der Waals surface area contributed by atoms with E-state index in [1.165, 1.54) is 25.7 Å². The van der Waals surface area contributed by atoms with E-state index in [0.717, 1.165) is 24.5 Å². The van der Waals surface area contributed by atoms with Gasteiger partial charge in [-0.2, -0.15) is 0 Å². The van der Waals surface area contributed by atoms with Gasteiger partial charge in [0.05, 0.1) is 12.4 Å². The Labute approximate surface area is 113 Å². The monoisotopic (exact) mass is 262 g/mol. The number of hydrogen-bond donors (Lipinski definition) is 3. The van der Waals surface area contributed by atoms with Crippen LogP contribution in [0.1, 0.15) is 37.8 Å². The van der Waals surface area contributed by atoms with Crippen molar-refractivity contribution in [3.63, 3.8) is 0 Å². The Kier molecular flexibility index (Phi) is 3.82. The summed E-state index contributed by atoms with van der Waals surface area (Å²) >= 11 is 0. The number of carbonyl (C=O) groups is 1. The van der Waals surface area contributed by atoms with E-state index in [0.29, 0.717) is 12.6 Å². The number of imidazole rings is 1. The minimum Gasteiger partial charge on any atom is -0.354 e. The van der Waals surface area contributed by atoms with Gasteiger partial charge in [-0.25, -0.2) is 4.98 Å². The number of aromatic amines is 1. The van der Waals surface area contributed by atoms with Crippen LogP contribution in [-0.2, 0) is 11.2 Å². The minimum atomic E-state index is 0.0230. The molecule has 1 aromatic heterocycles. The van der Waals surface area contributed by atoms with Gasteiger partial charge in [-0.1, -0.05) is 12.8 Å². The van der Waals surface area contributed by atoms with Crippen LogP contribution in [0.3, 0.4) is 0 Å². The van der Waals surface area contributed by atoms with Crippen LogP contribution in [-0.4, -0.2) is 34.5 Å². The Morgan fingerprint density at radius 2 is 2.32 bits per heavy atom. The van der Waals surface area contributed by atoms with E-state index in [2.05, 4.69) is 20.6 Å². The number of amides is 1. The van der Waals surface area contributed by atoms with Gasteiger partial charge < -0.3 is 15.6 Å². The smallest absolute Gasteiger partial charge is 0.237 e. The minimum absolute atomic E-state index is 0.0230. The molecular formula is C14H22N4O. The molecule has 19 heavy (non-hydrogen) atoms. The Balaban J connectivity index is 1.43. The molecule has 3 atom stereocenters. The van der Waals surface area contributed by atoms with E-state index in [1.807, 2.05) is 0 Å². The summed E-state index contributed by atoms with van der Waals surface area (Å²) in [5, 5.41) is 6.53. The summed E-state index contributed by atoms with van der Waals surface area (Å²) in [4.78, 5) is 19.1.